The number of hydrogen-bond donors (Lipinski definition) is 0. The van der Waals surface area contributed by atoms with Gasteiger partial charge in [0.25, 0.3) is 5.22 Å². The molecule has 0 bridgehead atoms. The van der Waals surface area contributed by atoms with Gasteiger partial charge in [-0.1, -0.05) is 13.0 Å². The first-order valence-corrected chi connectivity index (χ1v) is 8.71. The molecule has 25 heavy (non-hydrogen) atoms. The van der Waals surface area contributed by atoms with Gasteiger partial charge >= 0.3 is 0 Å². The quantitative estimate of drug-likeness (QED) is 0.494. The number of nitrogens with zero attached hydrogens (tertiary/aromatic N) is 2. The second-order valence-corrected chi connectivity index (χ2v) is 5.78. The number of carbonyl (C=O) groups is 1. The molecule has 1 heterocycles. The van der Waals surface area contributed by atoms with Crippen LogP contribution in [0.2, 0.25) is 0 Å². The van der Waals surface area contributed by atoms with Crippen molar-refractivity contribution in [2.24, 2.45) is 0 Å². The van der Waals surface area contributed by atoms with Crippen LogP contribution in [0.15, 0.2) is 32.7 Å². The highest BCUT2D eigenvalue weighted by Gasteiger charge is 2.11. The van der Waals surface area contributed by atoms with Crippen molar-refractivity contribution in [3.05, 3.63) is 34.6 Å². The molecular weight excluding hydrogens is 344 g/mol. The van der Waals surface area contributed by atoms with Gasteiger partial charge in [0, 0.05) is 11.3 Å². The Morgan fingerprint density at radius 2 is 1.92 bits per heavy atom. The fraction of sp³-hybridized carbons (Fsp3) is 0.353. The van der Waals surface area contributed by atoms with E-state index in [2.05, 4.69) is 10.2 Å². The van der Waals surface area contributed by atoms with Crippen molar-refractivity contribution in [2.75, 3.05) is 13.2 Å². The second-order valence-electron chi connectivity index (χ2n) is 4.79. The number of ether oxygens (including phenoxy) is 2. The highest BCUT2D eigenvalue weighted by Crippen LogP contribution is 2.32. The fourth-order valence-electron chi connectivity index (χ4n) is 1.96. The van der Waals surface area contributed by atoms with Gasteiger partial charge in [-0.05, 0) is 49.4 Å². The van der Waals surface area contributed by atoms with E-state index in [9.17, 15) is 9.90 Å². The zero-order valence-electron chi connectivity index (χ0n) is 14.3. The average molecular weight is 363 g/mol. The van der Waals surface area contributed by atoms with Gasteiger partial charge < -0.3 is 23.8 Å². The Hall–Kier alpha value is -2.48. The molecule has 0 spiro atoms. The molecule has 0 aliphatic rings. The van der Waals surface area contributed by atoms with Gasteiger partial charge in [0.2, 0.25) is 5.89 Å². The van der Waals surface area contributed by atoms with Gasteiger partial charge in [-0.25, -0.2) is 0 Å². The molecule has 2 aromatic rings. The van der Waals surface area contributed by atoms with E-state index >= 15 is 0 Å². The minimum Gasteiger partial charge on any atom is -0.544 e. The van der Waals surface area contributed by atoms with E-state index in [4.69, 9.17) is 13.9 Å². The number of carboxylic acid groups (broad SMARTS) is 1. The van der Waals surface area contributed by atoms with E-state index in [1.807, 2.05) is 20.8 Å². The summed E-state index contributed by atoms with van der Waals surface area (Å²) in [5.74, 6) is 0.272. The van der Waals surface area contributed by atoms with Crippen LogP contribution in [0.5, 0.6) is 11.5 Å². The molecule has 1 aromatic carbocycles. The predicted molar refractivity (Wildman–Crippen MR) is 91.3 cm³/mol. The van der Waals surface area contributed by atoms with Gasteiger partial charge in [0.15, 0.2) is 11.5 Å². The Kier molecular flexibility index (Phi) is 6.88. The van der Waals surface area contributed by atoms with Crippen LogP contribution >= 0.6 is 11.8 Å². The number of benzene rings is 1. The molecule has 0 atom stereocenters. The van der Waals surface area contributed by atoms with Crippen molar-refractivity contribution in [1.82, 2.24) is 10.2 Å². The molecule has 1 aromatic heterocycles. The van der Waals surface area contributed by atoms with Gasteiger partial charge in [-0.3, -0.25) is 0 Å². The van der Waals surface area contributed by atoms with Gasteiger partial charge in [-0.15, -0.1) is 10.2 Å². The molecule has 0 aliphatic heterocycles. The van der Waals surface area contributed by atoms with Crippen LogP contribution in [0.1, 0.15) is 32.2 Å². The fourth-order valence-corrected chi connectivity index (χ4v) is 2.64. The number of thioether (sulfide) groups is 1. The van der Waals surface area contributed by atoms with Crippen molar-refractivity contribution in [2.45, 2.75) is 32.4 Å². The summed E-state index contributed by atoms with van der Waals surface area (Å²) < 4.78 is 16.4. The van der Waals surface area contributed by atoms with Crippen LogP contribution in [0.25, 0.3) is 6.08 Å². The highest BCUT2D eigenvalue weighted by atomic mass is 32.2. The number of aliphatic carboxylic acids is 1. The predicted octanol–water partition coefficient (Wildman–Crippen LogP) is 2.31. The SMILES string of the molecule is CCOc1ccc(/C=C(\Sc2nnc(CC)o2)C(=O)[O-])cc1OCC. The van der Waals surface area contributed by atoms with Gasteiger partial charge in [0.05, 0.1) is 19.2 Å². The molecule has 0 radical (unpaired) electrons. The first-order chi connectivity index (χ1) is 12.1. The molecule has 0 unspecified atom stereocenters. The van der Waals surface area contributed by atoms with E-state index < -0.39 is 5.97 Å². The number of hydrogen-bond acceptors (Lipinski definition) is 8. The lowest BCUT2D eigenvalue weighted by atomic mass is 10.2. The lowest BCUT2D eigenvalue weighted by Crippen LogP contribution is -2.23. The van der Waals surface area contributed by atoms with Crippen molar-refractivity contribution >= 4 is 23.8 Å². The summed E-state index contributed by atoms with van der Waals surface area (Å²) in [4.78, 5) is 11.4. The van der Waals surface area contributed by atoms with Gasteiger partial charge in [-0.2, -0.15) is 0 Å². The number of rotatable bonds is 9. The van der Waals surface area contributed by atoms with Crippen molar-refractivity contribution in [3.8, 4) is 11.5 Å². The molecule has 0 N–H and O–H groups in total. The largest absolute Gasteiger partial charge is 0.544 e. The average Bonchev–Trinajstić information content (AvgIpc) is 3.04. The smallest absolute Gasteiger partial charge is 0.281 e. The summed E-state index contributed by atoms with van der Waals surface area (Å²) in [6.45, 7) is 6.58. The summed E-state index contributed by atoms with van der Waals surface area (Å²) in [7, 11) is 0. The van der Waals surface area contributed by atoms with Crippen molar-refractivity contribution in [3.63, 3.8) is 0 Å². The summed E-state index contributed by atoms with van der Waals surface area (Å²) in [5.41, 5.74) is 0.633. The van der Waals surface area contributed by atoms with E-state index in [1.54, 1.807) is 18.2 Å². The monoisotopic (exact) mass is 363 g/mol. The van der Waals surface area contributed by atoms with Gasteiger partial charge in [0.1, 0.15) is 0 Å². The maximum Gasteiger partial charge on any atom is 0.281 e. The minimum absolute atomic E-state index is 0.0436. The van der Waals surface area contributed by atoms with Crippen molar-refractivity contribution in [1.29, 1.82) is 0 Å². The normalized spacial score (nSPS) is 11.4. The number of aryl methyl sites for hydroxylation is 1. The minimum atomic E-state index is -1.33. The van der Waals surface area contributed by atoms with Crippen LogP contribution in [-0.2, 0) is 11.2 Å². The molecule has 0 amide bonds. The molecular formula is C17H19N2O5S-. The highest BCUT2D eigenvalue weighted by molar-refractivity contribution is 8.03. The Labute approximate surface area is 150 Å². The third-order valence-corrected chi connectivity index (χ3v) is 3.86. The van der Waals surface area contributed by atoms with E-state index in [1.165, 1.54) is 6.08 Å². The molecule has 7 nitrogen and oxygen atoms in total. The zero-order valence-corrected chi connectivity index (χ0v) is 15.1. The second kappa shape index (κ2) is 9.12. The summed E-state index contributed by atoms with van der Waals surface area (Å²) >= 11 is 0.848. The molecule has 134 valence electrons. The molecule has 2 rings (SSSR count). The Morgan fingerprint density at radius 3 is 2.52 bits per heavy atom. The molecule has 0 saturated heterocycles. The maximum atomic E-state index is 11.4. The Balaban J connectivity index is 2.29. The van der Waals surface area contributed by atoms with E-state index in [0.29, 0.717) is 42.6 Å². The zero-order chi connectivity index (χ0) is 18.2. The van der Waals surface area contributed by atoms with Crippen LogP contribution in [-0.4, -0.2) is 29.4 Å². The standard InChI is InChI=1S/C17H20N2O5S/c1-4-15-18-19-17(24-15)25-14(16(20)21)10-11-7-8-12(22-5-2)13(9-11)23-6-3/h7-10H,4-6H2,1-3H3,(H,20,21)/p-1/b14-10-. The third kappa shape index (κ3) is 5.25. The van der Waals surface area contributed by atoms with E-state index in [0.717, 1.165) is 11.8 Å². The van der Waals surface area contributed by atoms with Crippen molar-refractivity contribution < 1.29 is 23.8 Å². The van der Waals surface area contributed by atoms with Crippen LogP contribution in [0, 0.1) is 0 Å². The van der Waals surface area contributed by atoms with Crippen LogP contribution in [0.4, 0.5) is 0 Å². The number of carbonyl (C=O) groups excluding carboxylic acids is 1. The molecule has 0 fully saturated rings. The van der Waals surface area contributed by atoms with Crippen LogP contribution < -0.4 is 14.6 Å². The molecule has 0 saturated carbocycles. The molecule has 8 heteroatoms. The van der Waals surface area contributed by atoms with E-state index in [-0.39, 0.29) is 10.1 Å². The Morgan fingerprint density at radius 1 is 1.20 bits per heavy atom. The lowest BCUT2D eigenvalue weighted by Gasteiger charge is -2.12. The summed E-state index contributed by atoms with van der Waals surface area (Å²) in [5, 5.41) is 19.2. The maximum absolute atomic E-state index is 11.4. The van der Waals surface area contributed by atoms with Crippen LogP contribution in [0.3, 0.4) is 0 Å². The topological polar surface area (TPSA) is 97.5 Å². The first kappa shape index (κ1) is 18.9. The Bertz CT molecular complexity index is 757. The third-order valence-electron chi connectivity index (χ3n) is 3.01. The number of carboxylic acids is 1. The number of aromatic nitrogens is 2. The summed E-state index contributed by atoms with van der Waals surface area (Å²) in [6.07, 6.45) is 2.04. The molecule has 0 aliphatic carbocycles. The summed E-state index contributed by atoms with van der Waals surface area (Å²) in [6, 6.07) is 5.19. The first-order valence-electron chi connectivity index (χ1n) is 7.90. The lowest BCUT2D eigenvalue weighted by molar-refractivity contribution is -0.298.